The van der Waals surface area contributed by atoms with Crippen molar-refractivity contribution in [3.05, 3.63) is 47.8 Å². The summed E-state index contributed by atoms with van der Waals surface area (Å²) in [5.74, 6) is 0.0339. The Labute approximate surface area is 168 Å². The molecule has 1 N–H and O–H groups in total. The molecule has 3 rings (SSSR count). The number of nitrogens with zero attached hydrogens (tertiary/aromatic N) is 2. The van der Waals surface area contributed by atoms with Crippen LogP contribution in [0.1, 0.15) is 39.0 Å². The summed E-state index contributed by atoms with van der Waals surface area (Å²) in [5, 5.41) is 3.07. The van der Waals surface area contributed by atoms with Crippen LogP contribution in [0.3, 0.4) is 0 Å². The molecule has 0 aliphatic carbocycles. The highest BCUT2D eigenvalue weighted by atomic mass is 16.5. The molecule has 0 saturated carbocycles. The van der Waals surface area contributed by atoms with Crippen molar-refractivity contribution in [2.75, 3.05) is 18.0 Å². The van der Waals surface area contributed by atoms with Crippen molar-refractivity contribution < 1.29 is 9.53 Å². The van der Waals surface area contributed by atoms with Crippen molar-refractivity contribution in [3.63, 3.8) is 0 Å². The molecule has 2 heterocycles. The lowest BCUT2D eigenvalue weighted by atomic mass is 9.98. The van der Waals surface area contributed by atoms with Gasteiger partial charge in [0.05, 0.1) is 12.2 Å². The minimum absolute atomic E-state index is 0.0317. The first-order valence-electron chi connectivity index (χ1n) is 10.1. The standard InChI is InChI=1S/C23H31N3O2/c1-15(2)23(27)25-12-20-11-21(26-13-17(4)28-18(5)14-26)6-7-22(20)19-8-9-24-16(3)10-19/h6-11,15,17-18H,12-14H2,1-5H3,(H,25,27). The number of morpholine rings is 1. The Balaban J connectivity index is 1.94. The number of aromatic nitrogens is 1. The number of carbonyl (C=O) groups is 1. The lowest BCUT2D eigenvalue weighted by Crippen LogP contribution is -2.45. The molecule has 0 bridgehead atoms. The van der Waals surface area contributed by atoms with E-state index in [0.29, 0.717) is 6.54 Å². The maximum absolute atomic E-state index is 12.1. The predicted molar refractivity (Wildman–Crippen MR) is 113 cm³/mol. The number of aryl methyl sites for hydroxylation is 1. The van der Waals surface area contributed by atoms with Gasteiger partial charge in [0.2, 0.25) is 5.91 Å². The fourth-order valence-electron chi connectivity index (χ4n) is 3.69. The van der Waals surface area contributed by atoms with Gasteiger partial charge in [-0.25, -0.2) is 0 Å². The van der Waals surface area contributed by atoms with E-state index in [2.05, 4.69) is 53.3 Å². The molecule has 2 unspecified atom stereocenters. The lowest BCUT2D eigenvalue weighted by Gasteiger charge is -2.37. The molecule has 1 amide bonds. The molecule has 5 heteroatoms. The van der Waals surface area contributed by atoms with Crippen LogP contribution in [-0.2, 0) is 16.1 Å². The van der Waals surface area contributed by atoms with Crippen molar-refractivity contribution in [1.29, 1.82) is 0 Å². The number of pyridine rings is 1. The van der Waals surface area contributed by atoms with Crippen LogP contribution >= 0.6 is 0 Å². The molecule has 1 fully saturated rings. The average Bonchev–Trinajstić information content (AvgIpc) is 2.65. The van der Waals surface area contributed by atoms with E-state index in [9.17, 15) is 4.79 Å². The van der Waals surface area contributed by atoms with Gasteiger partial charge in [0.25, 0.3) is 0 Å². The molecule has 1 aromatic carbocycles. The summed E-state index contributed by atoms with van der Waals surface area (Å²) in [5.41, 5.74) is 5.52. The van der Waals surface area contributed by atoms with Crippen LogP contribution in [-0.4, -0.2) is 36.2 Å². The number of nitrogens with one attached hydrogen (secondary N) is 1. The molecule has 2 atom stereocenters. The van der Waals surface area contributed by atoms with Gasteiger partial charge in [-0.3, -0.25) is 9.78 Å². The minimum Gasteiger partial charge on any atom is -0.372 e. The van der Waals surface area contributed by atoms with Gasteiger partial charge in [-0.15, -0.1) is 0 Å². The van der Waals surface area contributed by atoms with Crippen molar-refractivity contribution in [1.82, 2.24) is 10.3 Å². The molecule has 28 heavy (non-hydrogen) atoms. The summed E-state index contributed by atoms with van der Waals surface area (Å²) < 4.78 is 5.87. The van der Waals surface area contributed by atoms with Gasteiger partial charge < -0.3 is 15.0 Å². The Morgan fingerprint density at radius 1 is 1.21 bits per heavy atom. The third-order valence-corrected chi connectivity index (χ3v) is 5.06. The number of hydrogen-bond acceptors (Lipinski definition) is 4. The zero-order chi connectivity index (χ0) is 20.3. The van der Waals surface area contributed by atoms with Gasteiger partial charge in [-0.05, 0) is 61.7 Å². The van der Waals surface area contributed by atoms with E-state index in [4.69, 9.17) is 4.74 Å². The number of benzene rings is 1. The zero-order valence-electron chi connectivity index (χ0n) is 17.5. The van der Waals surface area contributed by atoms with Crippen LogP contribution in [0.4, 0.5) is 5.69 Å². The molecule has 2 aromatic rings. The van der Waals surface area contributed by atoms with E-state index in [1.165, 1.54) is 5.69 Å². The number of amides is 1. The van der Waals surface area contributed by atoms with Gasteiger partial charge in [-0.2, -0.15) is 0 Å². The van der Waals surface area contributed by atoms with Crippen molar-refractivity contribution in [2.45, 2.75) is 53.4 Å². The topological polar surface area (TPSA) is 54.5 Å². The first kappa shape index (κ1) is 20.3. The van der Waals surface area contributed by atoms with E-state index >= 15 is 0 Å². The van der Waals surface area contributed by atoms with Crippen LogP contribution in [0.25, 0.3) is 11.1 Å². The molecule has 1 aliphatic rings. The Kier molecular flexibility index (Phi) is 6.35. The van der Waals surface area contributed by atoms with Gasteiger partial charge in [0, 0.05) is 43.1 Å². The van der Waals surface area contributed by atoms with Crippen molar-refractivity contribution in [2.24, 2.45) is 5.92 Å². The SMILES string of the molecule is Cc1cc(-c2ccc(N3CC(C)OC(C)C3)cc2CNC(=O)C(C)C)ccn1. The number of ether oxygens (including phenoxy) is 1. The third kappa shape index (κ3) is 4.90. The molecule has 1 aliphatic heterocycles. The first-order valence-corrected chi connectivity index (χ1v) is 10.1. The van der Waals surface area contributed by atoms with E-state index in [1.807, 2.05) is 33.0 Å². The molecular formula is C23H31N3O2. The monoisotopic (exact) mass is 381 g/mol. The predicted octanol–water partition coefficient (Wildman–Crippen LogP) is 3.94. The van der Waals surface area contributed by atoms with Crippen LogP contribution in [0.15, 0.2) is 36.5 Å². The Morgan fingerprint density at radius 2 is 1.93 bits per heavy atom. The summed E-state index contributed by atoms with van der Waals surface area (Å²) in [4.78, 5) is 18.8. The molecule has 1 saturated heterocycles. The molecule has 0 radical (unpaired) electrons. The second-order valence-corrected chi connectivity index (χ2v) is 8.06. The summed E-state index contributed by atoms with van der Waals surface area (Å²) in [7, 11) is 0. The number of anilines is 1. The highest BCUT2D eigenvalue weighted by Crippen LogP contribution is 2.30. The summed E-state index contributed by atoms with van der Waals surface area (Å²) >= 11 is 0. The Morgan fingerprint density at radius 3 is 2.57 bits per heavy atom. The molecule has 0 spiro atoms. The van der Waals surface area contributed by atoms with Crippen LogP contribution < -0.4 is 10.2 Å². The summed E-state index contributed by atoms with van der Waals surface area (Å²) in [6.07, 6.45) is 2.24. The Bertz CT molecular complexity index is 824. The number of carbonyl (C=O) groups excluding carboxylic acids is 1. The van der Waals surface area contributed by atoms with E-state index < -0.39 is 0 Å². The quantitative estimate of drug-likeness (QED) is 0.852. The third-order valence-electron chi connectivity index (χ3n) is 5.06. The second-order valence-electron chi connectivity index (χ2n) is 8.06. The molecule has 5 nitrogen and oxygen atoms in total. The zero-order valence-corrected chi connectivity index (χ0v) is 17.5. The van der Waals surface area contributed by atoms with Crippen LogP contribution in [0.5, 0.6) is 0 Å². The largest absolute Gasteiger partial charge is 0.372 e. The fourth-order valence-corrected chi connectivity index (χ4v) is 3.69. The summed E-state index contributed by atoms with van der Waals surface area (Å²) in [6.45, 7) is 12.3. The van der Waals surface area contributed by atoms with E-state index in [-0.39, 0.29) is 24.0 Å². The van der Waals surface area contributed by atoms with Crippen LogP contribution in [0, 0.1) is 12.8 Å². The van der Waals surface area contributed by atoms with Crippen molar-refractivity contribution in [3.8, 4) is 11.1 Å². The summed E-state index contributed by atoms with van der Waals surface area (Å²) in [6, 6.07) is 10.6. The van der Waals surface area contributed by atoms with Gasteiger partial charge in [0.15, 0.2) is 0 Å². The number of rotatable bonds is 5. The first-order chi connectivity index (χ1) is 13.3. The van der Waals surface area contributed by atoms with Crippen LogP contribution in [0.2, 0.25) is 0 Å². The fraction of sp³-hybridized carbons (Fsp3) is 0.478. The Hall–Kier alpha value is -2.40. The van der Waals surface area contributed by atoms with Gasteiger partial charge >= 0.3 is 0 Å². The maximum Gasteiger partial charge on any atom is 0.222 e. The minimum atomic E-state index is -0.0317. The average molecular weight is 382 g/mol. The number of hydrogen-bond donors (Lipinski definition) is 1. The highest BCUT2D eigenvalue weighted by Gasteiger charge is 2.23. The smallest absolute Gasteiger partial charge is 0.222 e. The second kappa shape index (κ2) is 8.74. The van der Waals surface area contributed by atoms with E-state index in [0.717, 1.165) is 35.5 Å². The molecular weight excluding hydrogens is 350 g/mol. The maximum atomic E-state index is 12.1. The van der Waals surface area contributed by atoms with Crippen molar-refractivity contribution >= 4 is 11.6 Å². The molecule has 1 aromatic heterocycles. The normalized spacial score (nSPS) is 19.7. The van der Waals surface area contributed by atoms with Gasteiger partial charge in [0.1, 0.15) is 0 Å². The van der Waals surface area contributed by atoms with Gasteiger partial charge in [-0.1, -0.05) is 19.9 Å². The molecule has 150 valence electrons. The highest BCUT2D eigenvalue weighted by molar-refractivity contribution is 5.78. The lowest BCUT2D eigenvalue weighted by molar-refractivity contribution is -0.124. The van der Waals surface area contributed by atoms with E-state index in [1.54, 1.807) is 0 Å².